The SMILES string of the molecule is CCOC(=O)C1=C(C)N=c2s/c(=C\c3ccccc3OC(C)C)c(=O)n2[C@@H]1c1ccc(N(C)C)cc1. The van der Waals surface area contributed by atoms with Crippen molar-refractivity contribution in [2.75, 3.05) is 25.6 Å². The van der Waals surface area contributed by atoms with Crippen LogP contribution in [0.2, 0.25) is 0 Å². The van der Waals surface area contributed by atoms with E-state index in [9.17, 15) is 9.59 Å². The molecule has 0 spiro atoms. The van der Waals surface area contributed by atoms with Crippen LogP contribution in [0.4, 0.5) is 5.69 Å². The number of hydrogen-bond acceptors (Lipinski definition) is 7. The van der Waals surface area contributed by atoms with Gasteiger partial charge in [-0.2, -0.15) is 0 Å². The lowest BCUT2D eigenvalue weighted by molar-refractivity contribution is -0.139. The maximum atomic E-state index is 13.8. The molecule has 1 atom stereocenters. The van der Waals surface area contributed by atoms with Gasteiger partial charge in [0.05, 0.1) is 34.6 Å². The maximum absolute atomic E-state index is 13.8. The fourth-order valence-electron chi connectivity index (χ4n) is 4.16. The van der Waals surface area contributed by atoms with Crippen molar-refractivity contribution in [3.8, 4) is 5.75 Å². The lowest BCUT2D eigenvalue weighted by Crippen LogP contribution is -2.40. The summed E-state index contributed by atoms with van der Waals surface area (Å²) >= 11 is 1.30. The van der Waals surface area contributed by atoms with Gasteiger partial charge in [0.15, 0.2) is 4.80 Å². The lowest BCUT2D eigenvalue weighted by atomic mass is 9.95. The van der Waals surface area contributed by atoms with E-state index < -0.39 is 12.0 Å². The van der Waals surface area contributed by atoms with Gasteiger partial charge >= 0.3 is 5.97 Å². The molecule has 0 radical (unpaired) electrons. The Kier molecular flexibility index (Phi) is 7.45. The number of ether oxygens (including phenoxy) is 2. The fourth-order valence-corrected chi connectivity index (χ4v) is 5.20. The standard InChI is InChI=1S/C28H31N3O4S/c1-7-34-27(33)24-18(4)29-28-31(25(24)19-12-14-21(15-13-19)30(5)6)26(32)23(36-28)16-20-10-8-9-11-22(20)35-17(2)3/h8-17,25H,7H2,1-6H3/b23-16-/t25-/m1/s1. The van der Waals surface area contributed by atoms with Gasteiger partial charge in [0.25, 0.3) is 5.56 Å². The Labute approximate surface area is 214 Å². The van der Waals surface area contributed by atoms with Crippen LogP contribution in [0, 0.1) is 0 Å². The van der Waals surface area contributed by atoms with E-state index in [-0.39, 0.29) is 18.3 Å². The number of allylic oxidation sites excluding steroid dienone is 1. The number of fused-ring (bicyclic) bond motifs is 1. The minimum Gasteiger partial charge on any atom is -0.490 e. The lowest BCUT2D eigenvalue weighted by Gasteiger charge is -2.25. The van der Waals surface area contributed by atoms with E-state index in [4.69, 9.17) is 9.47 Å². The van der Waals surface area contributed by atoms with Gasteiger partial charge in [0, 0.05) is 25.3 Å². The summed E-state index contributed by atoms with van der Waals surface area (Å²) in [6.45, 7) is 7.72. The van der Waals surface area contributed by atoms with E-state index in [2.05, 4.69) is 4.99 Å². The predicted octanol–water partition coefficient (Wildman–Crippen LogP) is 3.65. The van der Waals surface area contributed by atoms with Crippen molar-refractivity contribution in [3.63, 3.8) is 0 Å². The highest BCUT2D eigenvalue weighted by atomic mass is 32.1. The second kappa shape index (κ2) is 10.5. The van der Waals surface area contributed by atoms with Crippen molar-refractivity contribution in [1.29, 1.82) is 0 Å². The molecule has 1 aliphatic rings. The van der Waals surface area contributed by atoms with Gasteiger partial charge < -0.3 is 14.4 Å². The van der Waals surface area contributed by atoms with Gasteiger partial charge in [0.1, 0.15) is 5.75 Å². The van der Waals surface area contributed by atoms with Crippen molar-refractivity contribution < 1.29 is 14.3 Å². The average molecular weight is 506 g/mol. The highest BCUT2D eigenvalue weighted by Gasteiger charge is 2.33. The van der Waals surface area contributed by atoms with Crippen molar-refractivity contribution >= 4 is 29.1 Å². The Morgan fingerprint density at radius 3 is 2.50 bits per heavy atom. The van der Waals surface area contributed by atoms with Crippen LogP contribution in [0.3, 0.4) is 0 Å². The maximum Gasteiger partial charge on any atom is 0.338 e. The third kappa shape index (κ3) is 4.99. The van der Waals surface area contributed by atoms with Crippen LogP contribution in [0.15, 0.2) is 69.6 Å². The largest absolute Gasteiger partial charge is 0.490 e. The molecule has 0 saturated heterocycles. The highest BCUT2D eigenvalue weighted by Crippen LogP contribution is 2.31. The van der Waals surface area contributed by atoms with Crippen LogP contribution in [-0.4, -0.2) is 37.3 Å². The van der Waals surface area contributed by atoms with Crippen LogP contribution in [0.5, 0.6) is 5.75 Å². The predicted molar refractivity (Wildman–Crippen MR) is 143 cm³/mol. The molecule has 7 nitrogen and oxygen atoms in total. The smallest absolute Gasteiger partial charge is 0.338 e. The van der Waals surface area contributed by atoms with Crippen LogP contribution in [-0.2, 0) is 9.53 Å². The summed E-state index contributed by atoms with van der Waals surface area (Å²) in [5, 5.41) is 0. The van der Waals surface area contributed by atoms with Crippen molar-refractivity contribution in [3.05, 3.63) is 90.6 Å². The summed E-state index contributed by atoms with van der Waals surface area (Å²) in [7, 11) is 3.93. The number of rotatable bonds is 7. The molecule has 0 aliphatic carbocycles. The number of thiazole rings is 1. The van der Waals surface area contributed by atoms with Crippen molar-refractivity contribution in [1.82, 2.24) is 4.57 Å². The highest BCUT2D eigenvalue weighted by molar-refractivity contribution is 7.07. The summed E-state index contributed by atoms with van der Waals surface area (Å²) in [5.74, 6) is 0.239. The van der Waals surface area contributed by atoms with Crippen LogP contribution >= 0.6 is 11.3 Å². The molecule has 3 aromatic rings. The zero-order valence-corrected chi connectivity index (χ0v) is 22.3. The molecule has 0 saturated carbocycles. The Hall–Kier alpha value is -3.65. The number of aromatic nitrogens is 1. The number of esters is 1. The molecule has 0 unspecified atom stereocenters. The number of nitrogens with zero attached hydrogens (tertiary/aromatic N) is 3. The third-order valence-corrected chi connectivity index (χ3v) is 6.79. The van der Waals surface area contributed by atoms with Gasteiger partial charge in [-0.15, -0.1) is 0 Å². The van der Waals surface area contributed by atoms with Crippen LogP contribution < -0.4 is 24.5 Å². The fraction of sp³-hybridized carbons (Fsp3) is 0.321. The number of carbonyl (C=O) groups excluding carboxylic acids is 1. The molecule has 0 bridgehead atoms. The van der Waals surface area contributed by atoms with Gasteiger partial charge in [-0.05, 0) is 57.5 Å². The first kappa shape index (κ1) is 25.4. The van der Waals surface area contributed by atoms with E-state index in [1.165, 1.54) is 11.3 Å². The van der Waals surface area contributed by atoms with Gasteiger partial charge in [0.2, 0.25) is 0 Å². The summed E-state index contributed by atoms with van der Waals surface area (Å²) in [4.78, 5) is 34.0. The van der Waals surface area contributed by atoms with Crippen LogP contribution in [0.1, 0.15) is 44.9 Å². The Morgan fingerprint density at radius 1 is 1.17 bits per heavy atom. The minimum atomic E-state index is -0.638. The molecular formula is C28H31N3O4S. The quantitative estimate of drug-likeness (QED) is 0.459. The molecule has 8 heteroatoms. The minimum absolute atomic E-state index is 0.000641. The first-order valence-corrected chi connectivity index (χ1v) is 12.8. The third-order valence-electron chi connectivity index (χ3n) is 5.81. The van der Waals surface area contributed by atoms with E-state index in [0.29, 0.717) is 26.4 Å². The molecule has 2 heterocycles. The molecule has 0 N–H and O–H groups in total. The van der Waals surface area contributed by atoms with Gasteiger partial charge in [-0.3, -0.25) is 9.36 Å². The van der Waals surface area contributed by atoms with E-state index in [1.807, 2.05) is 87.4 Å². The Balaban J connectivity index is 1.92. The topological polar surface area (TPSA) is 73.1 Å². The second-order valence-electron chi connectivity index (χ2n) is 8.99. The summed E-state index contributed by atoms with van der Waals surface area (Å²) in [6, 6.07) is 14.8. The number of benzene rings is 2. The summed E-state index contributed by atoms with van der Waals surface area (Å²) < 4.78 is 13.4. The monoisotopic (exact) mass is 505 g/mol. The molecule has 1 aliphatic heterocycles. The summed E-state index contributed by atoms with van der Waals surface area (Å²) in [5.41, 5.74) is 3.35. The van der Waals surface area contributed by atoms with Gasteiger partial charge in [-0.25, -0.2) is 9.79 Å². The second-order valence-corrected chi connectivity index (χ2v) is 10.0. The molecule has 36 heavy (non-hydrogen) atoms. The number of anilines is 1. The molecule has 0 amide bonds. The molecular weight excluding hydrogens is 474 g/mol. The van der Waals surface area contributed by atoms with Crippen molar-refractivity contribution in [2.24, 2.45) is 4.99 Å². The Morgan fingerprint density at radius 2 is 1.86 bits per heavy atom. The van der Waals surface area contributed by atoms with E-state index in [0.717, 1.165) is 16.8 Å². The Bertz CT molecular complexity index is 1480. The number of carbonyl (C=O) groups is 1. The number of hydrogen-bond donors (Lipinski definition) is 0. The van der Waals surface area contributed by atoms with Crippen LogP contribution in [0.25, 0.3) is 6.08 Å². The molecule has 4 rings (SSSR count). The first-order chi connectivity index (χ1) is 17.2. The molecule has 0 fully saturated rings. The molecule has 2 aromatic carbocycles. The average Bonchev–Trinajstić information content (AvgIpc) is 3.13. The number of para-hydroxylation sites is 1. The summed E-state index contributed by atoms with van der Waals surface area (Å²) in [6.07, 6.45) is 1.83. The molecule has 1 aromatic heterocycles. The van der Waals surface area contributed by atoms with E-state index in [1.54, 1.807) is 18.4 Å². The first-order valence-electron chi connectivity index (χ1n) is 11.9. The zero-order chi connectivity index (χ0) is 26.0. The zero-order valence-electron chi connectivity index (χ0n) is 21.4. The van der Waals surface area contributed by atoms with Gasteiger partial charge in [-0.1, -0.05) is 41.7 Å². The van der Waals surface area contributed by atoms with Crippen molar-refractivity contribution in [2.45, 2.75) is 39.8 Å². The normalized spacial score (nSPS) is 15.5. The molecule has 188 valence electrons. The van der Waals surface area contributed by atoms with E-state index >= 15 is 0 Å².